The van der Waals surface area contributed by atoms with Crippen LogP contribution < -0.4 is 25.3 Å². The van der Waals surface area contributed by atoms with Crippen LogP contribution >= 0.6 is 0 Å². The number of anilines is 3. The van der Waals surface area contributed by atoms with Gasteiger partial charge in [0.15, 0.2) is 11.5 Å². The highest BCUT2D eigenvalue weighted by molar-refractivity contribution is 5.95. The number of aryl methyl sites for hydroxylation is 2. The smallest absolute Gasteiger partial charge is 0.326 e. The van der Waals surface area contributed by atoms with Gasteiger partial charge in [0.05, 0.1) is 5.69 Å². The number of carbonyl (C=O) groups is 2. The number of nitrogens with zero attached hydrogens (tertiary/aromatic N) is 9. The quantitative estimate of drug-likeness (QED) is 0.126. The summed E-state index contributed by atoms with van der Waals surface area (Å²) in [6, 6.07) is 18.9. The van der Waals surface area contributed by atoms with Crippen LogP contribution in [0.1, 0.15) is 73.2 Å². The van der Waals surface area contributed by atoms with E-state index in [1.807, 2.05) is 57.1 Å². The van der Waals surface area contributed by atoms with E-state index in [0.717, 1.165) is 114 Å². The molecule has 3 aliphatic rings. The Hall–Kier alpha value is -6.61. The van der Waals surface area contributed by atoms with Crippen LogP contribution in [0.4, 0.5) is 22.0 Å². The molecule has 6 aromatic rings. The minimum absolute atomic E-state index is 0.0429. The van der Waals surface area contributed by atoms with E-state index >= 15 is 0 Å². The van der Waals surface area contributed by atoms with Crippen LogP contribution in [0.3, 0.4) is 0 Å². The molecule has 15 nitrogen and oxygen atoms in total. The molecule has 2 aromatic carbocycles. The van der Waals surface area contributed by atoms with Crippen LogP contribution in [0.2, 0.25) is 0 Å². The van der Waals surface area contributed by atoms with Crippen molar-refractivity contribution in [2.75, 3.05) is 67.1 Å². The minimum atomic E-state index is -0.404. The van der Waals surface area contributed by atoms with Crippen molar-refractivity contribution in [3.05, 3.63) is 108 Å². The third kappa shape index (κ3) is 9.01. The molecule has 3 amide bonds. The molecule has 0 spiro atoms. The Labute approximate surface area is 368 Å². The number of amides is 3. The zero-order chi connectivity index (χ0) is 43.8. The summed E-state index contributed by atoms with van der Waals surface area (Å²) in [6.07, 6.45) is 6.92. The second-order valence-electron chi connectivity index (χ2n) is 18.2. The Bertz CT molecular complexity index is 2650. The maximum Gasteiger partial charge on any atom is 0.326 e. The molecule has 0 aliphatic carbocycles. The normalized spacial score (nSPS) is 16.8. The van der Waals surface area contributed by atoms with Gasteiger partial charge in [0.2, 0.25) is 0 Å². The van der Waals surface area contributed by atoms with E-state index in [2.05, 4.69) is 107 Å². The first-order valence-electron chi connectivity index (χ1n) is 22.0. The molecule has 3 fully saturated rings. The highest BCUT2D eigenvalue weighted by atomic mass is 16.5. The summed E-state index contributed by atoms with van der Waals surface area (Å²) in [5.74, 6) is 1.73. The largest absolute Gasteiger partial charge is 0.372 e. The number of urea groups is 1. The molecule has 3 aliphatic heterocycles. The van der Waals surface area contributed by atoms with Gasteiger partial charge in [-0.3, -0.25) is 19.7 Å². The second kappa shape index (κ2) is 17.3. The van der Waals surface area contributed by atoms with Crippen LogP contribution in [0.25, 0.3) is 33.4 Å². The minimum Gasteiger partial charge on any atom is -0.372 e. The van der Waals surface area contributed by atoms with E-state index in [-0.39, 0.29) is 17.3 Å². The van der Waals surface area contributed by atoms with Gasteiger partial charge in [0.25, 0.3) is 0 Å². The number of benzene rings is 2. The summed E-state index contributed by atoms with van der Waals surface area (Å²) in [5, 5.41) is 18.3. The predicted molar refractivity (Wildman–Crippen MR) is 246 cm³/mol. The number of piperidine rings is 1. The van der Waals surface area contributed by atoms with Crippen LogP contribution in [0.15, 0.2) is 83.8 Å². The molecule has 15 heteroatoms. The van der Waals surface area contributed by atoms with E-state index < -0.39 is 5.91 Å². The Morgan fingerprint density at radius 2 is 1.65 bits per heavy atom. The molecule has 0 unspecified atom stereocenters. The van der Waals surface area contributed by atoms with Crippen LogP contribution in [0.5, 0.6) is 0 Å². The zero-order valence-corrected chi connectivity index (χ0v) is 36.9. The summed E-state index contributed by atoms with van der Waals surface area (Å²) < 4.78 is 5.20. The van der Waals surface area contributed by atoms with Gasteiger partial charge >= 0.3 is 17.8 Å². The Morgan fingerprint density at radius 1 is 0.873 bits per heavy atom. The fraction of sp³-hybridized carbons (Fsp3) is 0.396. The SMILES string of the molecule is C=C1CCN(c2ccc(N3CCC(CN4CCN(c5ccc(-c6cnc7n[nH]c(-c8ccc(CNC(=O)c9nc(C(C)(C)C)no9)c(C)c8)c7c6)cn5)CC4)CC3)cc2C)C(=O)N1. The lowest BCUT2D eigenvalue weighted by molar-refractivity contribution is 0.0907. The van der Waals surface area contributed by atoms with Crippen molar-refractivity contribution in [2.45, 2.75) is 65.8 Å². The van der Waals surface area contributed by atoms with Crippen LogP contribution in [-0.2, 0) is 12.0 Å². The van der Waals surface area contributed by atoms with Gasteiger partial charge in [0.1, 0.15) is 5.82 Å². The summed E-state index contributed by atoms with van der Waals surface area (Å²) in [7, 11) is 0. The molecule has 3 saturated heterocycles. The van der Waals surface area contributed by atoms with Crippen molar-refractivity contribution < 1.29 is 14.1 Å². The van der Waals surface area contributed by atoms with Crippen molar-refractivity contribution in [1.82, 2.24) is 45.8 Å². The van der Waals surface area contributed by atoms with Gasteiger partial charge in [-0.1, -0.05) is 44.6 Å². The number of carbonyl (C=O) groups excluding carboxylic acids is 2. The first kappa shape index (κ1) is 41.7. The lowest BCUT2D eigenvalue weighted by Crippen LogP contribution is -2.49. The number of rotatable bonds is 10. The molecule has 63 heavy (non-hydrogen) atoms. The maximum atomic E-state index is 12.7. The van der Waals surface area contributed by atoms with Crippen molar-refractivity contribution in [1.29, 1.82) is 0 Å². The number of hydrogen-bond donors (Lipinski definition) is 3. The molecule has 9 rings (SSSR count). The standard InChI is InChI=1S/C48H56N12O3/c1-30-23-34(7-8-35(30)26-51-44(61)45-53-46(56-63-45)48(4,5)6)42-39-25-37(28-50-43(39)55-54-42)36-9-12-41(49-27-36)59-21-19-57(20-22-59)29-33-14-16-58(17-15-33)38-10-11-40(31(2)24-38)60-18-13-32(3)52-47(60)62/h7-12,23-25,27-28,33H,3,13-22,26,29H2,1-2,4-6H3,(H,51,61)(H,52,62)(H,50,54,55). The first-order chi connectivity index (χ1) is 30.4. The highest BCUT2D eigenvalue weighted by Gasteiger charge is 2.27. The molecule has 0 saturated carbocycles. The summed E-state index contributed by atoms with van der Waals surface area (Å²) >= 11 is 0. The molecule has 0 bridgehead atoms. The summed E-state index contributed by atoms with van der Waals surface area (Å²) in [4.78, 5) is 48.5. The molecule has 7 heterocycles. The van der Waals surface area contributed by atoms with Crippen molar-refractivity contribution in [3.8, 4) is 22.4 Å². The molecule has 326 valence electrons. The number of piperazine rings is 1. The third-order valence-electron chi connectivity index (χ3n) is 12.7. The van der Waals surface area contributed by atoms with Gasteiger partial charge in [0, 0.05) is 122 Å². The van der Waals surface area contributed by atoms with Gasteiger partial charge in [-0.05, 0) is 91.8 Å². The zero-order valence-electron chi connectivity index (χ0n) is 36.9. The van der Waals surface area contributed by atoms with Gasteiger partial charge in [-0.15, -0.1) is 0 Å². The fourth-order valence-electron chi connectivity index (χ4n) is 8.84. The maximum absolute atomic E-state index is 12.7. The van der Waals surface area contributed by atoms with Crippen molar-refractivity contribution in [2.24, 2.45) is 5.92 Å². The third-order valence-corrected chi connectivity index (χ3v) is 12.7. The fourth-order valence-corrected chi connectivity index (χ4v) is 8.84. The van der Waals surface area contributed by atoms with E-state index in [4.69, 9.17) is 9.51 Å². The second-order valence-corrected chi connectivity index (χ2v) is 18.2. The van der Waals surface area contributed by atoms with E-state index in [1.54, 1.807) is 0 Å². The predicted octanol–water partition coefficient (Wildman–Crippen LogP) is 7.39. The van der Waals surface area contributed by atoms with E-state index in [0.29, 0.717) is 30.5 Å². The number of hydrogen-bond acceptors (Lipinski definition) is 11. The van der Waals surface area contributed by atoms with E-state index in [1.165, 1.54) is 18.5 Å². The average molecular weight is 849 g/mol. The number of pyridine rings is 2. The topological polar surface area (TPSA) is 165 Å². The average Bonchev–Trinajstić information content (AvgIpc) is 3.96. The van der Waals surface area contributed by atoms with Crippen LogP contribution in [-0.4, -0.2) is 99.5 Å². The van der Waals surface area contributed by atoms with Gasteiger partial charge in [-0.2, -0.15) is 10.1 Å². The first-order valence-corrected chi connectivity index (χ1v) is 22.0. The van der Waals surface area contributed by atoms with Crippen LogP contribution in [0, 0.1) is 19.8 Å². The molecule has 4 aromatic heterocycles. The lowest BCUT2D eigenvalue weighted by Gasteiger charge is -2.40. The monoisotopic (exact) mass is 848 g/mol. The molecular weight excluding hydrogens is 793 g/mol. The lowest BCUT2D eigenvalue weighted by atomic mass is 9.95. The highest BCUT2D eigenvalue weighted by Crippen LogP contribution is 2.33. The number of H-pyrrole nitrogens is 1. The number of nitrogens with one attached hydrogen (secondary N) is 3. The number of aromatic nitrogens is 6. The molecular formula is C48H56N12O3. The van der Waals surface area contributed by atoms with Crippen molar-refractivity contribution in [3.63, 3.8) is 0 Å². The summed E-state index contributed by atoms with van der Waals surface area (Å²) in [5.41, 5.74) is 10.3. The molecule has 3 N–H and O–H groups in total. The van der Waals surface area contributed by atoms with Gasteiger partial charge in [-0.25, -0.2) is 14.8 Å². The Balaban J connectivity index is 0.762. The number of aromatic amines is 1. The Morgan fingerprint density at radius 3 is 2.35 bits per heavy atom. The molecule has 0 atom stereocenters. The van der Waals surface area contributed by atoms with E-state index in [9.17, 15) is 9.59 Å². The molecule has 0 radical (unpaired) electrons. The van der Waals surface area contributed by atoms with Gasteiger partial charge < -0.3 is 25.0 Å². The van der Waals surface area contributed by atoms with Crippen molar-refractivity contribution >= 4 is 40.2 Å². The number of fused-ring (bicyclic) bond motifs is 1. The summed E-state index contributed by atoms with van der Waals surface area (Å²) in [6.45, 7) is 22.1. The Kier molecular flexibility index (Phi) is 11.4.